The van der Waals surface area contributed by atoms with Crippen LogP contribution in [0.25, 0.3) is 10.9 Å². The van der Waals surface area contributed by atoms with E-state index < -0.39 is 16.1 Å². The summed E-state index contributed by atoms with van der Waals surface area (Å²) in [5.41, 5.74) is 0.241. The second-order valence-electron chi connectivity index (χ2n) is 7.06. The number of nitrogens with zero attached hydrogens (tertiary/aromatic N) is 3. The number of amides is 1. The molecule has 1 N–H and O–H groups in total. The molecule has 2 unspecified atom stereocenters. The number of halogens is 1. The molecule has 0 spiro atoms. The minimum Gasteiger partial charge on any atom is -0.383 e. The standard InChI is InChI=1S/C21H21ClN4O5S/c1-12(11-31-3)25-20(28)15-6-4-5-7-17(15)24-21(25)32-13(2)19(27)23-18-10-14(26(29)30)8-9-16(18)22/h4-10,12-13H,11H2,1-3H3,(H,23,27). The molecule has 0 saturated heterocycles. The number of ether oxygens (including phenoxy) is 1. The molecule has 32 heavy (non-hydrogen) atoms. The third kappa shape index (κ3) is 5.09. The third-order valence-electron chi connectivity index (χ3n) is 4.69. The fraction of sp³-hybridized carbons (Fsp3) is 0.286. The van der Waals surface area contributed by atoms with Gasteiger partial charge < -0.3 is 10.1 Å². The van der Waals surface area contributed by atoms with Crippen LogP contribution in [-0.4, -0.2) is 39.3 Å². The number of fused-ring (bicyclic) bond motifs is 1. The van der Waals surface area contributed by atoms with Crippen LogP contribution in [-0.2, 0) is 9.53 Å². The lowest BCUT2D eigenvalue weighted by molar-refractivity contribution is -0.384. The van der Waals surface area contributed by atoms with Gasteiger partial charge in [-0.15, -0.1) is 0 Å². The first-order chi connectivity index (χ1) is 15.2. The molecule has 2 atom stereocenters. The van der Waals surface area contributed by atoms with Gasteiger partial charge in [0.15, 0.2) is 5.16 Å². The Morgan fingerprint density at radius 3 is 2.72 bits per heavy atom. The molecule has 11 heteroatoms. The summed E-state index contributed by atoms with van der Waals surface area (Å²) in [7, 11) is 1.54. The quantitative estimate of drug-likeness (QED) is 0.223. The van der Waals surface area contributed by atoms with Crippen molar-refractivity contribution in [3.05, 3.63) is 68.0 Å². The fourth-order valence-electron chi connectivity index (χ4n) is 3.08. The highest BCUT2D eigenvalue weighted by Crippen LogP contribution is 2.29. The van der Waals surface area contributed by atoms with Crippen LogP contribution in [0.2, 0.25) is 5.02 Å². The summed E-state index contributed by atoms with van der Waals surface area (Å²) < 4.78 is 6.72. The summed E-state index contributed by atoms with van der Waals surface area (Å²) in [6.07, 6.45) is 0. The van der Waals surface area contributed by atoms with Crippen molar-refractivity contribution in [3.8, 4) is 0 Å². The first-order valence-electron chi connectivity index (χ1n) is 9.64. The van der Waals surface area contributed by atoms with Crippen LogP contribution in [0.5, 0.6) is 0 Å². The van der Waals surface area contributed by atoms with Crippen molar-refractivity contribution < 1.29 is 14.5 Å². The summed E-state index contributed by atoms with van der Waals surface area (Å²) >= 11 is 7.19. The van der Waals surface area contributed by atoms with Gasteiger partial charge in [-0.1, -0.05) is 35.5 Å². The Morgan fingerprint density at radius 2 is 2.03 bits per heavy atom. The summed E-state index contributed by atoms with van der Waals surface area (Å²) in [6.45, 7) is 3.77. The number of hydrogen-bond donors (Lipinski definition) is 1. The van der Waals surface area contributed by atoms with E-state index >= 15 is 0 Å². The lowest BCUT2D eigenvalue weighted by Gasteiger charge is -2.20. The number of hydrogen-bond acceptors (Lipinski definition) is 7. The van der Waals surface area contributed by atoms with Gasteiger partial charge in [0.05, 0.1) is 44.4 Å². The van der Waals surface area contributed by atoms with E-state index in [1.54, 1.807) is 38.3 Å². The summed E-state index contributed by atoms with van der Waals surface area (Å²) in [4.78, 5) is 41.0. The van der Waals surface area contributed by atoms with Gasteiger partial charge in [0.2, 0.25) is 5.91 Å². The minimum absolute atomic E-state index is 0.134. The molecule has 2 aromatic carbocycles. The molecule has 0 fully saturated rings. The second-order valence-corrected chi connectivity index (χ2v) is 8.78. The molecule has 0 radical (unpaired) electrons. The van der Waals surface area contributed by atoms with Crippen molar-refractivity contribution in [1.29, 1.82) is 0 Å². The Morgan fingerprint density at radius 1 is 1.31 bits per heavy atom. The van der Waals surface area contributed by atoms with Crippen molar-refractivity contribution >= 4 is 51.5 Å². The number of non-ortho nitro benzene ring substituents is 1. The molecular formula is C21H21ClN4O5S. The number of rotatable bonds is 8. The maximum absolute atomic E-state index is 13.1. The minimum atomic E-state index is -0.681. The van der Waals surface area contributed by atoms with Crippen LogP contribution < -0.4 is 10.9 Å². The topological polar surface area (TPSA) is 116 Å². The lowest BCUT2D eigenvalue weighted by atomic mass is 10.2. The number of thioether (sulfide) groups is 1. The zero-order valence-corrected chi connectivity index (χ0v) is 19.1. The monoisotopic (exact) mass is 476 g/mol. The Kier molecular flexibility index (Phi) is 7.49. The summed E-state index contributed by atoms with van der Waals surface area (Å²) in [5, 5.41) is 14.0. The van der Waals surface area contributed by atoms with Crippen LogP contribution in [0, 0.1) is 10.1 Å². The molecule has 3 aromatic rings. The van der Waals surface area contributed by atoms with Crippen molar-refractivity contribution in [1.82, 2.24) is 9.55 Å². The summed E-state index contributed by atoms with van der Waals surface area (Å²) in [5.74, 6) is -0.439. The van der Waals surface area contributed by atoms with Crippen molar-refractivity contribution in [2.45, 2.75) is 30.3 Å². The van der Waals surface area contributed by atoms with Crippen LogP contribution in [0.1, 0.15) is 19.9 Å². The predicted octanol–water partition coefficient (Wildman–Crippen LogP) is 4.28. The molecule has 0 aliphatic heterocycles. The molecule has 1 amide bonds. The van der Waals surface area contributed by atoms with E-state index in [2.05, 4.69) is 10.3 Å². The van der Waals surface area contributed by atoms with E-state index in [4.69, 9.17) is 16.3 Å². The highest BCUT2D eigenvalue weighted by Gasteiger charge is 2.23. The van der Waals surface area contributed by atoms with Crippen molar-refractivity contribution in [2.75, 3.05) is 19.0 Å². The number of aromatic nitrogens is 2. The predicted molar refractivity (Wildman–Crippen MR) is 125 cm³/mol. The van der Waals surface area contributed by atoms with E-state index in [1.807, 2.05) is 6.92 Å². The van der Waals surface area contributed by atoms with Crippen LogP contribution in [0.4, 0.5) is 11.4 Å². The Bertz CT molecular complexity index is 1230. The van der Waals surface area contributed by atoms with Gasteiger partial charge >= 0.3 is 0 Å². The van der Waals surface area contributed by atoms with E-state index in [1.165, 1.54) is 22.8 Å². The number of carbonyl (C=O) groups excluding carboxylic acids is 1. The summed E-state index contributed by atoms with van der Waals surface area (Å²) in [6, 6.07) is 10.5. The smallest absolute Gasteiger partial charge is 0.271 e. The normalized spacial score (nSPS) is 13.0. The first-order valence-corrected chi connectivity index (χ1v) is 10.9. The molecule has 0 bridgehead atoms. The Hall–Kier alpha value is -2.95. The van der Waals surface area contributed by atoms with Crippen LogP contribution in [0.3, 0.4) is 0 Å². The van der Waals surface area contributed by atoms with Gasteiger partial charge in [-0.05, 0) is 32.0 Å². The Balaban J connectivity index is 1.92. The number of nitrogens with one attached hydrogen (secondary N) is 1. The molecule has 0 aliphatic rings. The van der Waals surface area contributed by atoms with Gasteiger partial charge in [0, 0.05) is 19.2 Å². The SMILES string of the molecule is COCC(C)n1c(SC(C)C(=O)Nc2cc([N+](=O)[O-])ccc2Cl)nc2ccccc2c1=O. The number of para-hydroxylation sites is 1. The van der Waals surface area contributed by atoms with Gasteiger partial charge in [-0.2, -0.15) is 0 Å². The fourth-order valence-corrected chi connectivity index (χ4v) is 4.26. The number of benzene rings is 2. The van der Waals surface area contributed by atoms with E-state index in [9.17, 15) is 19.7 Å². The largest absolute Gasteiger partial charge is 0.383 e. The number of nitro groups is 1. The molecule has 0 saturated carbocycles. The maximum Gasteiger partial charge on any atom is 0.271 e. The van der Waals surface area contributed by atoms with Crippen molar-refractivity contribution in [2.24, 2.45) is 0 Å². The van der Waals surface area contributed by atoms with Gasteiger partial charge in [0.25, 0.3) is 11.2 Å². The lowest BCUT2D eigenvalue weighted by Crippen LogP contribution is -2.30. The third-order valence-corrected chi connectivity index (χ3v) is 6.09. The van der Waals surface area contributed by atoms with E-state index in [0.29, 0.717) is 16.1 Å². The van der Waals surface area contributed by atoms with Crippen LogP contribution in [0.15, 0.2) is 52.4 Å². The number of nitro benzene ring substituents is 1. The van der Waals surface area contributed by atoms with Gasteiger partial charge in [-0.3, -0.25) is 24.3 Å². The van der Waals surface area contributed by atoms with Crippen molar-refractivity contribution in [3.63, 3.8) is 0 Å². The van der Waals surface area contributed by atoms with E-state index in [0.717, 1.165) is 11.8 Å². The highest BCUT2D eigenvalue weighted by atomic mass is 35.5. The average Bonchev–Trinajstić information content (AvgIpc) is 2.75. The molecule has 9 nitrogen and oxygen atoms in total. The maximum atomic E-state index is 13.1. The molecule has 1 aromatic heterocycles. The zero-order valence-electron chi connectivity index (χ0n) is 17.6. The number of anilines is 1. The highest BCUT2D eigenvalue weighted by molar-refractivity contribution is 8.00. The van der Waals surface area contributed by atoms with Crippen LogP contribution >= 0.6 is 23.4 Å². The second kappa shape index (κ2) is 10.1. The van der Waals surface area contributed by atoms with Gasteiger partial charge in [0.1, 0.15) is 0 Å². The molecule has 168 valence electrons. The molecule has 0 aliphatic carbocycles. The molecule has 1 heterocycles. The van der Waals surface area contributed by atoms with E-state index in [-0.39, 0.29) is 34.6 Å². The average molecular weight is 477 g/mol. The Labute approximate surface area is 192 Å². The number of carbonyl (C=O) groups is 1. The zero-order chi connectivity index (χ0) is 23.4. The first kappa shape index (κ1) is 23.7. The molecular weight excluding hydrogens is 456 g/mol. The van der Waals surface area contributed by atoms with Gasteiger partial charge in [-0.25, -0.2) is 4.98 Å². The number of methoxy groups -OCH3 is 1. The molecule has 3 rings (SSSR count).